The number of hydrogen-bond acceptors (Lipinski definition) is 0. The first-order chi connectivity index (χ1) is 20.6. The lowest BCUT2D eigenvalue weighted by Crippen LogP contribution is -1.93. The summed E-state index contributed by atoms with van der Waals surface area (Å²) < 4.78 is 4.68. The summed E-state index contributed by atoms with van der Waals surface area (Å²) >= 11 is 0. The van der Waals surface area contributed by atoms with Gasteiger partial charge in [0.05, 0.1) is 22.1 Å². The fourth-order valence-electron chi connectivity index (χ4n) is 6.54. The Labute approximate surface area is 245 Å². The number of rotatable bonds is 4. The van der Waals surface area contributed by atoms with Gasteiger partial charge >= 0.3 is 0 Å². The Hall–Kier alpha value is -5.34. The highest BCUT2D eigenvalue weighted by atomic mass is 15.0. The summed E-state index contributed by atoms with van der Waals surface area (Å²) in [7, 11) is 0. The molecule has 2 aromatic heterocycles. The van der Waals surface area contributed by atoms with E-state index >= 15 is 0 Å². The number of nitrogens with zero attached hydrogens (tertiary/aromatic N) is 2. The zero-order valence-corrected chi connectivity index (χ0v) is 23.8. The van der Waals surface area contributed by atoms with E-state index in [0.29, 0.717) is 0 Å². The van der Waals surface area contributed by atoms with Gasteiger partial charge in [-0.2, -0.15) is 0 Å². The van der Waals surface area contributed by atoms with Crippen molar-refractivity contribution in [1.82, 2.24) is 9.13 Å². The van der Waals surface area contributed by atoms with Crippen molar-refractivity contribution in [2.75, 3.05) is 0 Å². The molecule has 0 unspecified atom stereocenters. The van der Waals surface area contributed by atoms with Gasteiger partial charge in [-0.3, -0.25) is 0 Å². The highest BCUT2D eigenvalue weighted by molar-refractivity contribution is 6.26. The first-order valence-electron chi connectivity index (χ1n) is 14.5. The first-order valence-corrected chi connectivity index (χ1v) is 14.5. The smallest absolute Gasteiger partial charge is 0.0635 e. The molecule has 0 aliphatic heterocycles. The Bertz CT molecular complexity index is 2300. The molecule has 2 heteroatoms. The summed E-state index contributed by atoms with van der Waals surface area (Å²) in [6.07, 6.45) is 1.96. The number of aryl methyl sites for hydroxylation is 2. The van der Waals surface area contributed by atoms with E-state index < -0.39 is 0 Å². The van der Waals surface area contributed by atoms with Crippen LogP contribution >= 0.6 is 0 Å². The molecule has 0 saturated carbocycles. The molecule has 0 aliphatic rings. The van der Waals surface area contributed by atoms with Gasteiger partial charge in [-0.25, -0.2) is 0 Å². The van der Waals surface area contributed by atoms with E-state index in [1.807, 2.05) is 6.20 Å². The number of para-hydroxylation sites is 1. The first kappa shape index (κ1) is 24.5. The van der Waals surface area contributed by atoms with Gasteiger partial charge in [-0.1, -0.05) is 109 Å². The van der Waals surface area contributed by atoms with Crippen LogP contribution in [0, 0.1) is 13.8 Å². The maximum absolute atomic E-state index is 4.26. The minimum absolute atomic E-state index is 1.15. The Morgan fingerprint density at radius 1 is 0.500 bits per heavy atom. The predicted octanol–water partition coefficient (Wildman–Crippen LogP) is 10.9. The summed E-state index contributed by atoms with van der Waals surface area (Å²) in [4.78, 5) is 0. The van der Waals surface area contributed by atoms with Gasteiger partial charge in [-0.05, 0) is 72.5 Å². The second-order valence-corrected chi connectivity index (χ2v) is 11.3. The Morgan fingerprint density at radius 2 is 1.07 bits per heavy atom. The van der Waals surface area contributed by atoms with Crippen molar-refractivity contribution in [1.29, 1.82) is 0 Å². The molecule has 0 atom stereocenters. The van der Waals surface area contributed by atoms with Crippen molar-refractivity contribution in [2.45, 2.75) is 13.8 Å². The second kappa shape index (κ2) is 9.36. The molecule has 8 aromatic rings. The molecule has 42 heavy (non-hydrogen) atoms. The van der Waals surface area contributed by atoms with Crippen molar-refractivity contribution in [3.05, 3.63) is 145 Å². The van der Waals surface area contributed by atoms with Gasteiger partial charge in [0.2, 0.25) is 0 Å². The van der Waals surface area contributed by atoms with Crippen LogP contribution in [0.25, 0.3) is 77.8 Å². The lowest BCUT2D eigenvalue weighted by atomic mass is 10.0. The van der Waals surface area contributed by atoms with Gasteiger partial charge in [0.15, 0.2) is 0 Å². The largest absolute Gasteiger partial charge is 0.316 e. The van der Waals surface area contributed by atoms with E-state index in [-0.39, 0.29) is 0 Å². The molecule has 6 aromatic carbocycles. The van der Waals surface area contributed by atoms with Crippen molar-refractivity contribution >= 4 is 49.8 Å². The Morgan fingerprint density at radius 3 is 1.74 bits per heavy atom. The van der Waals surface area contributed by atoms with E-state index in [9.17, 15) is 0 Å². The minimum Gasteiger partial charge on any atom is -0.316 e. The van der Waals surface area contributed by atoms with Gasteiger partial charge in [-0.15, -0.1) is 0 Å². The third-order valence-corrected chi connectivity index (χ3v) is 8.66. The Balaban J connectivity index is 1.47. The summed E-state index contributed by atoms with van der Waals surface area (Å²) in [6, 6.07) is 46.6. The van der Waals surface area contributed by atoms with Gasteiger partial charge in [0.1, 0.15) is 0 Å². The topological polar surface area (TPSA) is 9.86 Å². The van der Waals surface area contributed by atoms with Crippen LogP contribution < -0.4 is 0 Å². The van der Waals surface area contributed by atoms with Gasteiger partial charge in [0, 0.05) is 33.4 Å². The molecular weight excluding hydrogens is 508 g/mol. The number of benzene rings is 6. The normalized spacial score (nSPS) is 11.7. The Kier molecular flexibility index (Phi) is 5.45. The molecule has 2 nitrogen and oxygen atoms in total. The van der Waals surface area contributed by atoms with Crippen LogP contribution in [-0.2, 0) is 0 Å². The highest BCUT2D eigenvalue weighted by Crippen LogP contribution is 2.42. The fraction of sp³-hybridized carbons (Fsp3) is 0.0500. The van der Waals surface area contributed by atoms with Crippen LogP contribution in [0.1, 0.15) is 11.1 Å². The van der Waals surface area contributed by atoms with Gasteiger partial charge < -0.3 is 9.13 Å². The molecular formula is C40H30N2. The maximum Gasteiger partial charge on any atom is 0.0635 e. The van der Waals surface area contributed by atoms with E-state index in [1.54, 1.807) is 0 Å². The van der Waals surface area contributed by atoms with E-state index in [0.717, 1.165) is 5.69 Å². The van der Waals surface area contributed by atoms with Crippen molar-refractivity contribution in [3.8, 4) is 27.9 Å². The fourth-order valence-corrected chi connectivity index (χ4v) is 6.54. The van der Waals surface area contributed by atoms with Crippen LogP contribution in [-0.4, -0.2) is 9.13 Å². The molecule has 200 valence electrons. The van der Waals surface area contributed by atoms with E-state index in [4.69, 9.17) is 0 Å². The molecule has 0 radical (unpaired) electrons. The van der Waals surface area contributed by atoms with Crippen LogP contribution in [0.3, 0.4) is 0 Å². The lowest BCUT2D eigenvalue weighted by molar-refractivity contribution is 1.18. The molecule has 0 N–H and O–H groups in total. The average Bonchev–Trinajstić information content (AvgIpc) is 3.53. The van der Waals surface area contributed by atoms with Crippen LogP contribution in [0.5, 0.6) is 0 Å². The van der Waals surface area contributed by atoms with Crippen molar-refractivity contribution < 1.29 is 0 Å². The zero-order valence-electron chi connectivity index (χ0n) is 23.8. The highest BCUT2D eigenvalue weighted by Gasteiger charge is 2.20. The third kappa shape index (κ3) is 3.65. The standard InChI is InChI=1S/C40H30N2/c1-4-41-36-22-19-30(28-14-10-26(2)11-15-28)24-35(36)33-21-23-37-39(40(33)41)34-20-18-31(29-16-12-27(3)13-17-29)25-38(34)42(37)32-8-6-5-7-9-32/h4-25H,1H2,2-3H3. The molecule has 0 bridgehead atoms. The number of aromatic nitrogens is 2. The number of fused-ring (bicyclic) bond motifs is 7. The molecule has 0 spiro atoms. The van der Waals surface area contributed by atoms with Crippen LogP contribution in [0.2, 0.25) is 0 Å². The van der Waals surface area contributed by atoms with E-state index in [1.165, 1.54) is 77.0 Å². The molecule has 0 fully saturated rings. The van der Waals surface area contributed by atoms with E-state index in [2.05, 4.69) is 157 Å². The van der Waals surface area contributed by atoms with Gasteiger partial charge in [0.25, 0.3) is 0 Å². The predicted molar refractivity (Wildman–Crippen MR) is 181 cm³/mol. The minimum atomic E-state index is 1.15. The second-order valence-electron chi connectivity index (χ2n) is 11.3. The van der Waals surface area contributed by atoms with Crippen molar-refractivity contribution in [3.63, 3.8) is 0 Å². The summed E-state index contributed by atoms with van der Waals surface area (Å²) in [5.41, 5.74) is 13.3. The molecule has 0 amide bonds. The van der Waals surface area contributed by atoms with Crippen molar-refractivity contribution in [2.24, 2.45) is 0 Å². The lowest BCUT2D eigenvalue weighted by Gasteiger charge is -2.09. The van der Waals surface area contributed by atoms with Crippen LogP contribution in [0.15, 0.2) is 134 Å². The molecule has 8 rings (SSSR count). The quantitative estimate of drug-likeness (QED) is 0.211. The monoisotopic (exact) mass is 538 g/mol. The zero-order chi connectivity index (χ0) is 28.4. The van der Waals surface area contributed by atoms with Crippen LogP contribution in [0.4, 0.5) is 0 Å². The summed E-state index contributed by atoms with van der Waals surface area (Å²) in [6.45, 7) is 8.53. The maximum atomic E-state index is 4.26. The third-order valence-electron chi connectivity index (χ3n) is 8.66. The summed E-state index contributed by atoms with van der Waals surface area (Å²) in [5.74, 6) is 0. The molecule has 0 saturated heterocycles. The molecule has 0 aliphatic carbocycles. The average molecular weight is 539 g/mol. The molecule has 2 heterocycles. The number of hydrogen-bond donors (Lipinski definition) is 0. The SMILES string of the molecule is C=Cn1c2ccc(-c3ccc(C)cc3)cc2c2ccc3c(c4ccc(-c5ccc(C)cc5)cc4n3-c3ccccc3)c21. The summed E-state index contributed by atoms with van der Waals surface area (Å²) in [5, 5.41) is 4.96.